The van der Waals surface area contributed by atoms with Gasteiger partial charge in [-0.2, -0.15) is 0 Å². The van der Waals surface area contributed by atoms with Gasteiger partial charge in [0.2, 0.25) is 0 Å². The molecule has 3 unspecified atom stereocenters. The van der Waals surface area contributed by atoms with Crippen LogP contribution in [0.4, 0.5) is 5.69 Å². The van der Waals surface area contributed by atoms with Gasteiger partial charge in [0, 0.05) is 7.11 Å². The van der Waals surface area contributed by atoms with Crippen molar-refractivity contribution in [3.63, 3.8) is 0 Å². The monoisotopic (exact) mass is 307 g/mol. The first-order valence-corrected chi connectivity index (χ1v) is 7.72. The van der Waals surface area contributed by atoms with Crippen LogP contribution in [-0.2, 0) is 4.74 Å². The minimum absolute atomic E-state index is 0.106. The lowest BCUT2D eigenvalue weighted by Gasteiger charge is -2.36. The number of hydrazine groups is 1. The third kappa shape index (κ3) is 4.19. The lowest BCUT2D eigenvalue weighted by molar-refractivity contribution is 0.0240. The molecule has 0 spiro atoms. The molecule has 1 fully saturated rings. The molecule has 0 radical (unpaired) electrons. The maximum Gasteiger partial charge on any atom is 0.337 e. The molecule has 122 valence electrons. The second-order valence-corrected chi connectivity index (χ2v) is 5.76. The number of para-hydroxylation sites is 1. The molecular weight excluding hydrogens is 282 g/mol. The molecule has 0 bridgehead atoms. The first-order valence-electron chi connectivity index (χ1n) is 7.72. The number of ether oxygens (including phenoxy) is 1. The van der Waals surface area contributed by atoms with Crippen molar-refractivity contribution in [2.75, 3.05) is 19.1 Å². The predicted molar refractivity (Wildman–Crippen MR) is 85.8 cm³/mol. The van der Waals surface area contributed by atoms with Gasteiger partial charge in [-0.15, -0.1) is 0 Å². The molecule has 6 nitrogen and oxygen atoms in total. The van der Waals surface area contributed by atoms with Crippen molar-refractivity contribution in [1.29, 1.82) is 0 Å². The van der Waals surface area contributed by atoms with Crippen LogP contribution in [0.3, 0.4) is 0 Å². The molecule has 22 heavy (non-hydrogen) atoms. The highest BCUT2D eigenvalue weighted by Gasteiger charge is 2.30. The second-order valence-electron chi connectivity index (χ2n) is 5.76. The fourth-order valence-electron chi connectivity index (χ4n) is 3.08. The van der Waals surface area contributed by atoms with Gasteiger partial charge in [0.05, 0.1) is 23.4 Å². The van der Waals surface area contributed by atoms with Crippen LogP contribution in [0.1, 0.15) is 36.0 Å². The summed E-state index contributed by atoms with van der Waals surface area (Å²) in [6.45, 7) is 0.712. The molecule has 1 aliphatic rings. The Morgan fingerprint density at radius 3 is 2.86 bits per heavy atom. The van der Waals surface area contributed by atoms with Crippen LogP contribution in [0.5, 0.6) is 0 Å². The average molecular weight is 307 g/mol. The van der Waals surface area contributed by atoms with E-state index in [4.69, 9.17) is 10.5 Å². The number of carboxylic acid groups (broad SMARTS) is 1. The van der Waals surface area contributed by atoms with Crippen molar-refractivity contribution < 1.29 is 14.6 Å². The van der Waals surface area contributed by atoms with Gasteiger partial charge in [0.25, 0.3) is 0 Å². The van der Waals surface area contributed by atoms with E-state index in [0.717, 1.165) is 25.7 Å². The second kappa shape index (κ2) is 8.12. The number of rotatable bonds is 7. The summed E-state index contributed by atoms with van der Waals surface area (Å²) in [4.78, 5) is 11.2. The number of benzene rings is 1. The van der Waals surface area contributed by atoms with Gasteiger partial charge in [-0.05, 0) is 50.3 Å². The highest BCUT2D eigenvalue weighted by molar-refractivity contribution is 5.94. The number of nitrogens with two attached hydrogens (primary N) is 1. The minimum atomic E-state index is -0.945. The predicted octanol–water partition coefficient (Wildman–Crippen LogP) is 1.83. The van der Waals surface area contributed by atoms with Crippen LogP contribution >= 0.6 is 0 Å². The molecule has 0 aliphatic heterocycles. The zero-order valence-electron chi connectivity index (χ0n) is 12.9. The quantitative estimate of drug-likeness (QED) is 0.574. The zero-order chi connectivity index (χ0) is 15.9. The number of carboxylic acids is 1. The highest BCUT2D eigenvalue weighted by atomic mass is 16.5. The number of hydrogen-bond acceptors (Lipinski definition) is 5. The first-order chi connectivity index (χ1) is 10.7. The van der Waals surface area contributed by atoms with Crippen LogP contribution < -0.4 is 16.6 Å². The summed E-state index contributed by atoms with van der Waals surface area (Å²) in [7, 11) is 1.72. The molecule has 1 aliphatic carbocycles. The van der Waals surface area contributed by atoms with E-state index in [1.165, 1.54) is 0 Å². The van der Waals surface area contributed by atoms with Gasteiger partial charge in [-0.3, -0.25) is 0 Å². The third-order valence-electron chi connectivity index (χ3n) is 4.33. The van der Waals surface area contributed by atoms with Crippen molar-refractivity contribution in [2.24, 2.45) is 11.7 Å². The SMILES string of the molecule is COC1CC(CCN)CCC1NNc1ccccc1C(=O)O. The molecule has 0 heterocycles. The summed E-state index contributed by atoms with van der Waals surface area (Å²) in [5.74, 6) is -0.334. The van der Waals surface area contributed by atoms with E-state index in [1.54, 1.807) is 25.3 Å². The number of anilines is 1. The molecule has 6 heteroatoms. The van der Waals surface area contributed by atoms with E-state index in [2.05, 4.69) is 10.9 Å². The Bertz CT molecular complexity index is 495. The topological polar surface area (TPSA) is 96.6 Å². The number of methoxy groups -OCH3 is 1. The van der Waals surface area contributed by atoms with Gasteiger partial charge in [-0.1, -0.05) is 12.1 Å². The third-order valence-corrected chi connectivity index (χ3v) is 4.33. The van der Waals surface area contributed by atoms with E-state index in [0.29, 0.717) is 18.2 Å². The fraction of sp³-hybridized carbons (Fsp3) is 0.562. The van der Waals surface area contributed by atoms with Crippen LogP contribution in [0, 0.1) is 5.92 Å². The van der Waals surface area contributed by atoms with E-state index in [1.807, 2.05) is 6.07 Å². The summed E-state index contributed by atoms with van der Waals surface area (Å²) < 4.78 is 5.59. The number of hydrogen-bond donors (Lipinski definition) is 4. The molecule has 5 N–H and O–H groups in total. The maximum atomic E-state index is 11.2. The summed E-state index contributed by atoms with van der Waals surface area (Å²) >= 11 is 0. The number of carbonyl (C=O) groups is 1. The van der Waals surface area contributed by atoms with Gasteiger partial charge in [-0.25, -0.2) is 10.2 Å². The molecule has 3 atom stereocenters. The summed E-state index contributed by atoms with van der Waals surface area (Å²) in [5, 5.41) is 9.19. The Labute approximate surface area is 131 Å². The van der Waals surface area contributed by atoms with Gasteiger partial charge in [0.1, 0.15) is 0 Å². The molecule has 0 aromatic heterocycles. The lowest BCUT2D eigenvalue weighted by atomic mass is 9.82. The molecule has 0 saturated heterocycles. The Morgan fingerprint density at radius 2 is 2.18 bits per heavy atom. The van der Waals surface area contributed by atoms with Gasteiger partial charge < -0.3 is 21.0 Å². The summed E-state index contributed by atoms with van der Waals surface area (Å²) in [5.41, 5.74) is 12.7. The molecule has 2 rings (SSSR count). The van der Waals surface area contributed by atoms with E-state index >= 15 is 0 Å². The fourth-order valence-corrected chi connectivity index (χ4v) is 3.08. The Morgan fingerprint density at radius 1 is 1.41 bits per heavy atom. The van der Waals surface area contributed by atoms with Crippen LogP contribution in [0.15, 0.2) is 24.3 Å². The Hall–Kier alpha value is -1.63. The lowest BCUT2D eigenvalue weighted by Crippen LogP contribution is -2.47. The van der Waals surface area contributed by atoms with Gasteiger partial charge >= 0.3 is 5.97 Å². The van der Waals surface area contributed by atoms with Gasteiger partial charge in [0.15, 0.2) is 0 Å². The van der Waals surface area contributed by atoms with Crippen LogP contribution in [0.2, 0.25) is 0 Å². The average Bonchev–Trinajstić information content (AvgIpc) is 2.54. The number of aromatic carboxylic acids is 1. The van der Waals surface area contributed by atoms with Crippen LogP contribution in [0.25, 0.3) is 0 Å². The van der Waals surface area contributed by atoms with E-state index < -0.39 is 5.97 Å². The minimum Gasteiger partial charge on any atom is -0.478 e. The van der Waals surface area contributed by atoms with Crippen molar-refractivity contribution in [3.8, 4) is 0 Å². The summed E-state index contributed by atoms with van der Waals surface area (Å²) in [6, 6.07) is 7.00. The first kappa shape index (κ1) is 16.7. The standard InChI is InChI=1S/C16H25N3O3/c1-22-15-10-11(8-9-17)6-7-14(15)19-18-13-5-3-2-4-12(13)16(20)21/h2-5,11,14-15,18-19H,6-10,17H2,1H3,(H,20,21). The largest absolute Gasteiger partial charge is 0.478 e. The molecule has 1 aromatic carbocycles. The van der Waals surface area contributed by atoms with E-state index in [-0.39, 0.29) is 17.7 Å². The molecule has 0 amide bonds. The summed E-state index contributed by atoms with van der Waals surface area (Å²) in [6.07, 6.45) is 4.20. The van der Waals surface area contributed by atoms with Crippen molar-refractivity contribution in [2.45, 2.75) is 37.8 Å². The van der Waals surface area contributed by atoms with Crippen LogP contribution in [-0.4, -0.2) is 36.9 Å². The zero-order valence-corrected chi connectivity index (χ0v) is 12.9. The molecular formula is C16H25N3O3. The van der Waals surface area contributed by atoms with Crippen molar-refractivity contribution >= 4 is 11.7 Å². The van der Waals surface area contributed by atoms with Crippen molar-refractivity contribution in [3.05, 3.63) is 29.8 Å². The maximum absolute atomic E-state index is 11.2. The highest BCUT2D eigenvalue weighted by Crippen LogP contribution is 2.28. The molecule has 1 aromatic rings. The van der Waals surface area contributed by atoms with E-state index in [9.17, 15) is 9.90 Å². The Kier molecular flexibility index (Phi) is 6.18. The molecule has 1 saturated carbocycles. The Balaban J connectivity index is 1.95. The van der Waals surface area contributed by atoms with Crippen molar-refractivity contribution in [1.82, 2.24) is 5.43 Å². The normalized spacial score (nSPS) is 24.9. The smallest absolute Gasteiger partial charge is 0.337 e. The number of nitrogens with one attached hydrogen (secondary N) is 2.